The van der Waals surface area contributed by atoms with Crippen LogP contribution in [0.1, 0.15) is 16.8 Å². The molecule has 0 saturated carbocycles. The molecule has 2 aromatic rings. The van der Waals surface area contributed by atoms with Crippen molar-refractivity contribution in [3.63, 3.8) is 0 Å². The Morgan fingerprint density at radius 1 is 1.11 bits per heavy atom. The monoisotopic (exact) mass is 272 g/mol. The Balaban J connectivity index is 1.69. The van der Waals surface area contributed by atoms with Gasteiger partial charge < -0.3 is 5.32 Å². The first-order chi connectivity index (χ1) is 9.24. The molecule has 3 heteroatoms. The van der Waals surface area contributed by atoms with Crippen molar-refractivity contribution in [3.8, 4) is 0 Å². The van der Waals surface area contributed by atoms with Crippen LogP contribution in [-0.4, -0.2) is 17.3 Å². The Morgan fingerprint density at radius 3 is 2.63 bits per heavy atom. The highest BCUT2D eigenvalue weighted by molar-refractivity contribution is 7.99. The van der Waals surface area contributed by atoms with Crippen molar-refractivity contribution in [2.24, 2.45) is 0 Å². The predicted octanol–water partition coefficient (Wildman–Crippen LogP) is 3.58. The van der Waals surface area contributed by atoms with Gasteiger partial charge in [-0.3, -0.25) is 0 Å². The third kappa shape index (κ3) is 5.05. The van der Waals surface area contributed by atoms with Gasteiger partial charge in [-0.25, -0.2) is 4.98 Å². The quantitative estimate of drug-likeness (QED) is 0.642. The molecule has 1 N–H and O–H groups in total. The Kier molecular flexibility index (Phi) is 5.43. The van der Waals surface area contributed by atoms with Crippen LogP contribution in [0.25, 0.3) is 0 Å². The van der Waals surface area contributed by atoms with Gasteiger partial charge in [-0.15, -0.1) is 11.8 Å². The molecule has 2 rings (SSSR count). The summed E-state index contributed by atoms with van der Waals surface area (Å²) in [6.07, 6.45) is 0. The zero-order valence-corrected chi connectivity index (χ0v) is 12.3. The van der Waals surface area contributed by atoms with Gasteiger partial charge in [-0.2, -0.15) is 0 Å². The van der Waals surface area contributed by atoms with Crippen LogP contribution in [0.5, 0.6) is 0 Å². The fraction of sp³-hybridized carbons (Fsp3) is 0.312. The normalized spacial score (nSPS) is 10.6. The number of thioether (sulfide) groups is 1. The molecule has 1 aromatic heterocycles. The average Bonchev–Trinajstić information content (AvgIpc) is 2.38. The first-order valence-corrected chi connectivity index (χ1v) is 7.55. The largest absolute Gasteiger partial charge is 0.312 e. The Morgan fingerprint density at radius 2 is 1.89 bits per heavy atom. The third-order valence-corrected chi connectivity index (χ3v) is 3.69. The lowest BCUT2D eigenvalue weighted by atomic mass is 10.2. The lowest BCUT2D eigenvalue weighted by Crippen LogP contribution is -2.16. The minimum absolute atomic E-state index is 0.932. The van der Waals surface area contributed by atoms with E-state index < -0.39 is 0 Å². The highest BCUT2D eigenvalue weighted by Crippen LogP contribution is 2.16. The van der Waals surface area contributed by atoms with E-state index in [2.05, 4.69) is 53.6 Å². The predicted molar refractivity (Wildman–Crippen MR) is 82.6 cm³/mol. The van der Waals surface area contributed by atoms with Crippen molar-refractivity contribution in [1.29, 1.82) is 0 Å². The summed E-state index contributed by atoms with van der Waals surface area (Å²) in [5.41, 5.74) is 3.71. The van der Waals surface area contributed by atoms with Crippen LogP contribution in [0.2, 0.25) is 0 Å². The van der Waals surface area contributed by atoms with Crippen molar-refractivity contribution in [2.45, 2.75) is 25.4 Å². The van der Waals surface area contributed by atoms with Crippen LogP contribution >= 0.6 is 11.8 Å². The van der Waals surface area contributed by atoms with Crippen LogP contribution in [0, 0.1) is 13.8 Å². The van der Waals surface area contributed by atoms with E-state index in [4.69, 9.17) is 0 Å². The number of rotatable bonds is 6. The number of hydrogen-bond acceptors (Lipinski definition) is 3. The Hall–Kier alpha value is -1.32. The SMILES string of the molecule is Cc1cc(C)nc(SCCNCc2ccccc2)c1. The summed E-state index contributed by atoms with van der Waals surface area (Å²) in [5.74, 6) is 1.04. The van der Waals surface area contributed by atoms with Crippen LogP contribution in [0.3, 0.4) is 0 Å². The van der Waals surface area contributed by atoms with E-state index >= 15 is 0 Å². The fourth-order valence-corrected chi connectivity index (χ4v) is 2.87. The zero-order valence-electron chi connectivity index (χ0n) is 11.5. The lowest BCUT2D eigenvalue weighted by molar-refractivity contribution is 0.732. The molecule has 0 bridgehead atoms. The van der Waals surface area contributed by atoms with Gasteiger partial charge >= 0.3 is 0 Å². The smallest absolute Gasteiger partial charge is 0.0966 e. The number of aryl methyl sites for hydroxylation is 2. The van der Waals surface area contributed by atoms with Crippen molar-refractivity contribution < 1.29 is 0 Å². The molecule has 0 aliphatic rings. The topological polar surface area (TPSA) is 24.9 Å². The molecule has 0 fully saturated rings. The Labute approximate surface area is 119 Å². The van der Waals surface area contributed by atoms with E-state index in [0.717, 1.165) is 29.6 Å². The third-order valence-electron chi connectivity index (χ3n) is 2.77. The summed E-state index contributed by atoms with van der Waals surface area (Å²) in [7, 11) is 0. The molecule has 0 aliphatic carbocycles. The van der Waals surface area contributed by atoms with Crippen molar-refractivity contribution in [2.75, 3.05) is 12.3 Å². The van der Waals surface area contributed by atoms with Crippen LogP contribution in [0.4, 0.5) is 0 Å². The highest BCUT2D eigenvalue weighted by Gasteiger charge is 1.98. The molecule has 0 radical (unpaired) electrons. The van der Waals surface area contributed by atoms with Gasteiger partial charge in [-0.1, -0.05) is 30.3 Å². The average molecular weight is 272 g/mol. The molecule has 100 valence electrons. The van der Waals surface area contributed by atoms with Crippen molar-refractivity contribution in [1.82, 2.24) is 10.3 Å². The lowest BCUT2D eigenvalue weighted by Gasteiger charge is -2.06. The number of nitrogens with zero attached hydrogens (tertiary/aromatic N) is 1. The highest BCUT2D eigenvalue weighted by atomic mass is 32.2. The van der Waals surface area contributed by atoms with Gasteiger partial charge in [0.1, 0.15) is 0 Å². The molecular weight excluding hydrogens is 252 g/mol. The molecule has 0 saturated heterocycles. The maximum absolute atomic E-state index is 4.53. The Bertz CT molecular complexity index is 491. The molecule has 1 aromatic carbocycles. The second-order valence-corrected chi connectivity index (χ2v) is 5.75. The molecule has 0 atom stereocenters. The summed E-state index contributed by atoms with van der Waals surface area (Å²) in [5, 5.41) is 4.58. The molecule has 2 nitrogen and oxygen atoms in total. The van der Waals surface area contributed by atoms with Crippen LogP contribution in [0.15, 0.2) is 47.5 Å². The van der Waals surface area contributed by atoms with Gasteiger partial charge in [0.2, 0.25) is 0 Å². The van der Waals surface area contributed by atoms with E-state index in [-0.39, 0.29) is 0 Å². The molecule has 19 heavy (non-hydrogen) atoms. The summed E-state index contributed by atoms with van der Waals surface area (Å²) >= 11 is 1.81. The van der Waals surface area contributed by atoms with Crippen molar-refractivity contribution >= 4 is 11.8 Å². The van der Waals surface area contributed by atoms with E-state index in [0.29, 0.717) is 0 Å². The summed E-state index contributed by atoms with van der Waals surface area (Å²) in [4.78, 5) is 4.53. The fourth-order valence-electron chi connectivity index (χ4n) is 1.93. The first-order valence-electron chi connectivity index (χ1n) is 6.57. The standard InChI is InChI=1S/C16H20N2S/c1-13-10-14(2)18-16(11-13)19-9-8-17-12-15-6-4-3-5-7-15/h3-7,10-11,17H,8-9,12H2,1-2H3. The molecule has 0 aliphatic heterocycles. The molecule has 0 unspecified atom stereocenters. The second kappa shape index (κ2) is 7.31. The maximum Gasteiger partial charge on any atom is 0.0966 e. The van der Waals surface area contributed by atoms with E-state index in [1.54, 1.807) is 0 Å². The molecule has 1 heterocycles. The number of benzene rings is 1. The van der Waals surface area contributed by atoms with E-state index in [9.17, 15) is 0 Å². The number of hydrogen-bond donors (Lipinski definition) is 1. The summed E-state index contributed by atoms with van der Waals surface area (Å²) < 4.78 is 0. The minimum Gasteiger partial charge on any atom is -0.312 e. The van der Waals surface area contributed by atoms with E-state index in [1.807, 2.05) is 24.8 Å². The van der Waals surface area contributed by atoms with Gasteiger partial charge in [0, 0.05) is 24.5 Å². The van der Waals surface area contributed by atoms with Gasteiger partial charge in [0.25, 0.3) is 0 Å². The molecular formula is C16H20N2S. The van der Waals surface area contributed by atoms with Crippen LogP contribution in [-0.2, 0) is 6.54 Å². The summed E-state index contributed by atoms with van der Waals surface area (Å²) in [6, 6.07) is 14.7. The van der Waals surface area contributed by atoms with E-state index in [1.165, 1.54) is 11.1 Å². The number of aromatic nitrogens is 1. The van der Waals surface area contributed by atoms with Crippen LogP contribution < -0.4 is 5.32 Å². The zero-order chi connectivity index (χ0) is 13.5. The van der Waals surface area contributed by atoms with Crippen molar-refractivity contribution in [3.05, 3.63) is 59.3 Å². The summed E-state index contributed by atoms with van der Waals surface area (Å²) in [6.45, 7) is 6.09. The number of nitrogens with one attached hydrogen (secondary N) is 1. The van der Waals surface area contributed by atoms with Gasteiger partial charge in [0.05, 0.1) is 5.03 Å². The minimum atomic E-state index is 0.932. The molecule has 0 spiro atoms. The van der Waals surface area contributed by atoms with Gasteiger partial charge in [-0.05, 0) is 37.1 Å². The first kappa shape index (κ1) is 14.1. The second-order valence-electron chi connectivity index (χ2n) is 4.63. The van der Waals surface area contributed by atoms with Gasteiger partial charge in [0.15, 0.2) is 0 Å². The number of pyridine rings is 1. The molecule has 0 amide bonds. The maximum atomic E-state index is 4.53.